The molecule has 0 fully saturated rings. The predicted octanol–water partition coefficient (Wildman–Crippen LogP) is -1.69. The van der Waals surface area contributed by atoms with E-state index in [2.05, 4.69) is 4.98 Å². The Labute approximate surface area is 68.4 Å². The quantitative estimate of drug-likeness (QED) is 0.545. The van der Waals surface area contributed by atoms with Gasteiger partial charge in [0.15, 0.2) is 0 Å². The Bertz CT molecular complexity index is 212. The van der Waals surface area contributed by atoms with Gasteiger partial charge >= 0.3 is 5.97 Å². The summed E-state index contributed by atoms with van der Waals surface area (Å²) >= 11 is 0. The molecule has 0 unspecified atom stereocenters. The van der Waals surface area contributed by atoms with Crippen molar-refractivity contribution in [3.05, 3.63) is 30.1 Å². The molecule has 0 saturated carbocycles. The standard InChI is InChI=1S/C6H5NO2.3H2O/c8-6(9)5-3-1-2-4-7-5;;;/h1-4H,(H,8,9);3*1H2. The average Bonchev–Trinajstić information content (AvgIpc) is 1.90. The van der Waals surface area contributed by atoms with Crippen molar-refractivity contribution >= 4 is 5.97 Å². The summed E-state index contributed by atoms with van der Waals surface area (Å²) in [7, 11) is 0. The molecule has 0 aliphatic heterocycles. The molecule has 0 aliphatic rings. The van der Waals surface area contributed by atoms with Crippen molar-refractivity contribution in [1.29, 1.82) is 0 Å². The van der Waals surface area contributed by atoms with E-state index >= 15 is 0 Å². The number of pyridine rings is 1. The number of carbonyl (C=O) groups is 1. The van der Waals surface area contributed by atoms with Gasteiger partial charge in [-0.1, -0.05) is 6.07 Å². The smallest absolute Gasteiger partial charge is 0.354 e. The van der Waals surface area contributed by atoms with Gasteiger partial charge in [0.1, 0.15) is 5.69 Å². The monoisotopic (exact) mass is 177 g/mol. The van der Waals surface area contributed by atoms with Gasteiger partial charge in [-0.2, -0.15) is 0 Å². The van der Waals surface area contributed by atoms with Crippen molar-refractivity contribution in [3.8, 4) is 0 Å². The maximum absolute atomic E-state index is 10.1. The number of hydrogen-bond donors (Lipinski definition) is 1. The van der Waals surface area contributed by atoms with Gasteiger partial charge in [-0.05, 0) is 12.1 Å². The van der Waals surface area contributed by atoms with Crippen molar-refractivity contribution in [2.75, 3.05) is 0 Å². The van der Waals surface area contributed by atoms with Crippen molar-refractivity contribution in [2.24, 2.45) is 0 Å². The first-order chi connectivity index (χ1) is 4.30. The van der Waals surface area contributed by atoms with E-state index in [4.69, 9.17) is 5.11 Å². The van der Waals surface area contributed by atoms with Crippen LogP contribution in [-0.4, -0.2) is 32.5 Å². The summed E-state index contributed by atoms with van der Waals surface area (Å²) in [6, 6.07) is 4.76. The number of hydrogen-bond acceptors (Lipinski definition) is 2. The summed E-state index contributed by atoms with van der Waals surface area (Å²) in [4.78, 5) is 13.7. The molecule has 0 spiro atoms. The molecule has 0 amide bonds. The third kappa shape index (κ3) is 4.34. The molecule has 1 aromatic rings. The Balaban J connectivity index is -0.000000270. The molecule has 7 N–H and O–H groups in total. The molecule has 1 aromatic heterocycles. The van der Waals surface area contributed by atoms with E-state index in [9.17, 15) is 4.79 Å². The van der Waals surface area contributed by atoms with Crippen molar-refractivity contribution < 1.29 is 26.3 Å². The Morgan fingerprint density at radius 3 is 2.08 bits per heavy atom. The Morgan fingerprint density at radius 2 is 1.83 bits per heavy atom. The summed E-state index contributed by atoms with van der Waals surface area (Å²) in [5.74, 6) is -0.990. The summed E-state index contributed by atoms with van der Waals surface area (Å²) < 4.78 is 0. The number of carboxylic acid groups (broad SMARTS) is 1. The second-order valence-corrected chi connectivity index (χ2v) is 1.52. The molecule has 12 heavy (non-hydrogen) atoms. The first-order valence-corrected chi connectivity index (χ1v) is 2.45. The van der Waals surface area contributed by atoms with Crippen LogP contribution in [0.4, 0.5) is 0 Å². The second-order valence-electron chi connectivity index (χ2n) is 1.52. The molecule has 0 bridgehead atoms. The highest BCUT2D eigenvalue weighted by Crippen LogP contribution is 1.90. The van der Waals surface area contributed by atoms with Crippen LogP contribution in [0.1, 0.15) is 10.5 Å². The zero-order valence-electron chi connectivity index (χ0n) is 6.11. The van der Waals surface area contributed by atoms with E-state index in [0.29, 0.717) is 0 Å². The molecule has 1 rings (SSSR count). The van der Waals surface area contributed by atoms with E-state index in [1.807, 2.05) is 0 Å². The highest BCUT2D eigenvalue weighted by atomic mass is 16.4. The van der Waals surface area contributed by atoms with Gasteiger partial charge in [-0.25, -0.2) is 9.78 Å². The lowest BCUT2D eigenvalue weighted by molar-refractivity contribution is 0.0690. The number of aromatic carboxylic acids is 1. The fourth-order valence-electron chi connectivity index (χ4n) is 0.489. The molecular formula is C6H11NO5. The zero-order chi connectivity index (χ0) is 6.69. The maximum Gasteiger partial charge on any atom is 0.354 e. The lowest BCUT2D eigenvalue weighted by Crippen LogP contribution is -1.97. The molecule has 70 valence electrons. The maximum atomic E-state index is 10.1. The summed E-state index contributed by atoms with van der Waals surface area (Å²) in [6.07, 6.45) is 1.45. The molecule has 0 saturated heterocycles. The van der Waals surface area contributed by atoms with Crippen LogP contribution in [0.2, 0.25) is 0 Å². The molecule has 0 radical (unpaired) electrons. The average molecular weight is 177 g/mol. The minimum Gasteiger partial charge on any atom is -0.477 e. The van der Waals surface area contributed by atoms with E-state index in [1.54, 1.807) is 12.1 Å². The minimum absolute atomic E-state index is 0. The number of aromatic nitrogens is 1. The number of nitrogens with zero attached hydrogens (tertiary/aromatic N) is 1. The molecule has 1 heterocycles. The fourth-order valence-corrected chi connectivity index (χ4v) is 0.489. The van der Waals surface area contributed by atoms with E-state index < -0.39 is 5.97 Å². The molecule has 0 aliphatic carbocycles. The van der Waals surface area contributed by atoms with Crippen molar-refractivity contribution in [1.82, 2.24) is 4.98 Å². The minimum atomic E-state index is -0.990. The number of carboxylic acids is 1. The van der Waals surface area contributed by atoms with Crippen LogP contribution in [-0.2, 0) is 0 Å². The lowest BCUT2D eigenvalue weighted by atomic mass is 10.4. The molecule has 0 atom stereocenters. The predicted molar refractivity (Wildman–Crippen MR) is 42.0 cm³/mol. The van der Waals surface area contributed by atoms with Crippen LogP contribution in [0.5, 0.6) is 0 Å². The largest absolute Gasteiger partial charge is 0.477 e. The van der Waals surface area contributed by atoms with Gasteiger partial charge in [0.2, 0.25) is 0 Å². The Morgan fingerprint density at radius 1 is 1.25 bits per heavy atom. The summed E-state index contributed by atoms with van der Waals surface area (Å²) in [6.45, 7) is 0. The lowest BCUT2D eigenvalue weighted by Gasteiger charge is -1.87. The molecule has 6 heteroatoms. The van der Waals surface area contributed by atoms with Crippen LogP contribution < -0.4 is 0 Å². The van der Waals surface area contributed by atoms with Crippen molar-refractivity contribution in [2.45, 2.75) is 0 Å². The van der Waals surface area contributed by atoms with Gasteiger partial charge in [-0.3, -0.25) is 0 Å². The molecule has 0 aromatic carbocycles. The summed E-state index contributed by atoms with van der Waals surface area (Å²) in [5, 5.41) is 8.32. The topological polar surface area (TPSA) is 145 Å². The fraction of sp³-hybridized carbons (Fsp3) is 0. The van der Waals surface area contributed by atoms with E-state index in [-0.39, 0.29) is 22.1 Å². The van der Waals surface area contributed by atoms with Gasteiger partial charge in [0.25, 0.3) is 0 Å². The van der Waals surface area contributed by atoms with E-state index in [1.165, 1.54) is 12.3 Å². The summed E-state index contributed by atoms with van der Waals surface area (Å²) in [5.41, 5.74) is 0.0810. The normalized spacial score (nSPS) is 6.67. The van der Waals surface area contributed by atoms with Crippen LogP contribution in [0.15, 0.2) is 24.4 Å². The van der Waals surface area contributed by atoms with Crippen LogP contribution in [0, 0.1) is 0 Å². The molecular weight excluding hydrogens is 166 g/mol. The highest BCUT2D eigenvalue weighted by molar-refractivity contribution is 5.85. The Hall–Kier alpha value is -1.50. The van der Waals surface area contributed by atoms with Crippen molar-refractivity contribution in [3.63, 3.8) is 0 Å². The Kier molecular flexibility index (Phi) is 10.7. The molecule has 6 nitrogen and oxygen atoms in total. The van der Waals surface area contributed by atoms with Gasteiger partial charge in [0.05, 0.1) is 0 Å². The van der Waals surface area contributed by atoms with Gasteiger partial charge < -0.3 is 21.5 Å². The highest BCUT2D eigenvalue weighted by Gasteiger charge is 1.98. The third-order valence-corrected chi connectivity index (χ3v) is 0.884. The van der Waals surface area contributed by atoms with Gasteiger partial charge in [-0.15, -0.1) is 0 Å². The SMILES string of the molecule is O.O.O.O=C(O)c1ccccn1. The van der Waals surface area contributed by atoms with Crippen LogP contribution in [0.25, 0.3) is 0 Å². The number of rotatable bonds is 1. The third-order valence-electron chi connectivity index (χ3n) is 0.884. The van der Waals surface area contributed by atoms with Gasteiger partial charge in [0, 0.05) is 6.20 Å². The van der Waals surface area contributed by atoms with Crippen LogP contribution >= 0.6 is 0 Å². The first-order valence-electron chi connectivity index (χ1n) is 2.45. The second kappa shape index (κ2) is 7.61. The van der Waals surface area contributed by atoms with E-state index in [0.717, 1.165) is 0 Å². The first kappa shape index (κ1) is 16.8. The zero-order valence-corrected chi connectivity index (χ0v) is 6.11. The van der Waals surface area contributed by atoms with Crippen LogP contribution in [0.3, 0.4) is 0 Å².